The number of carbonyl (C=O) groups excluding carboxylic acids is 2. The molecule has 5 nitrogen and oxygen atoms in total. The van der Waals surface area contributed by atoms with E-state index in [0.717, 1.165) is 24.5 Å². The van der Waals surface area contributed by atoms with E-state index in [1.807, 2.05) is 49.4 Å². The van der Waals surface area contributed by atoms with Gasteiger partial charge in [-0.1, -0.05) is 18.2 Å². The monoisotopic (exact) mass is 353 g/mol. The molecule has 0 aliphatic carbocycles. The van der Waals surface area contributed by atoms with E-state index >= 15 is 0 Å². The maximum atomic E-state index is 12.2. The molecule has 0 fully saturated rings. The van der Waals surface area contributed by atoms with Crippen molar-refractivity contribution in [1.29, 1.82) is 0 Å². The molecule has 1 unspecified atom stereocenters. The van der Waals surface area contributed by atoms with Crippen molar-refractivity contribution in [3.63, 3.8) is 0 Å². The minimum atomic E-state index is -0.252. The lowest BCUT2D eigenvalue weighted by Crippen LogP contribution is -2.35. The number of rotatable bonds is 8. The van der Waals surface area contributed by atoms with Crippen molar-refractivity contribution in [2.75, 3.05) is 23.3 Å². The van der Waals surface area contributed by atoms with E-state index in [4.69, 9.17) is 0 Å². The van der Waals surface area contributed by atoms with Crippen LogP contribution in [-0.4, -0.2) is 30.9 Å². The van der Waals surface area contributed by atoms with Gasteiger partial charge in [0, 0.05) is 42.5 Å². The molecule has 0 heterocycles. The summed E-state index contributed by atoms with van der Waals surface area (Å²) < 4.78 is 0. The molecule has 0 aliphatic rings. The zero-order valence-corrected chi connectivity index (χ0v) is 15.7. The van der Waals surface area contributed by atoms with Crippen LogP contribution in [0.5, 0.6) is 0 Å². The van der Waals surface area contributed by atoms with E-state index in [2.05, 4.69) is 29.4 Å². The standard InChI is InChI=1S/C21H27N3O2/c1-4-24(5-2)19-13-11-18(12-14-19)23-20(25)15-16(3)22-21(26)17-9-7-6-8-10-17/h6-14,16H,4-5,15H2,1-3H3,(H,22,26)(H,23,25). The summed E-state index contributed by atoms with van der Waals surface area (Å²) in [4.78, 5) is 26.5. The van der Waals surface area contributed by atoms with Crippen LogP contribution in [0.25, 0.3) is 0 Å². The van der Waals surface area contributed by atoms with Crippen LogP contribution >= 0.6 is 0 Å². The minimum Gasteiger partial charge on any atom is -0.372 e. The summed E-state index contributed by atoms with van der Waals surface area (Å²) in [5.41, 5.74) is 2.48. The molecular weight excluding hydrogens is 326 g/mol. The molecule has 0 saturated carbocycles. The van der Waals surface area contributed by atoms with E-state index in [1.54, 1.807) is 12.1 Å². The Morgan fingerprint density at radius 3 is 2.15 bits per heavy atom. The Labute approximate surface area is 155 Å². The average molecular weight is 353 g/mol. The Kier molecular flexibility index (Phi) is 7.21. The molecule has 138 valence electrons. The summed E-state index contributed by atoms with van der Waals surface area (Å²) in [5.74, 6) is -0.295. The third kappa shape index (κ3) is 5.62. The van der Waals surface area contributed by atoms with Crippen LogP contribution in [0.4, 0.5) is 11.4 Å². The second-order valence-electron chi connectivity index (χ2n) is 6.21. The van der Waals surface area contributed by atoms with Crippen LogP contribution in [0.2, 0.25) is 0 Å². The zero-order chi connectivity index (χ0) is 18.9. The van der Waals surface area contributed by atoms with Gasteiger partial charge in [-0.3, -0.25) is 9.59 Å². The maximum absolute atomic E-state index is 12.2. The number of hydrogen-bond acceptors (Lipinski definition) is 3. The van der Waals surface area contributed by atoms with Crippen molar-refractivity contribution in [3.8, 4) is 0 Å². The SMILES string of the molecule is CCN(CC)c1ccc(NC(=O)CC(C)NC(=O)c2ccccc2)cc1. The van der Waals surface area contributed by atoms with Crippen LogP contribution in [-0.2, 0) is 4.79 Å². The number of nitrogens with zero attached hydrogens (tertiary/aromatic N) is 1. The predicted molar refractivity (Wildman–Crippen MR) is 107 cm³/mol. The number of carbonyl (C=O) groups is 2. The van der Waals surface area contributed by atoms with Crippen molar-refractivity contribution in [2.45, 2.75) is 33.2 Å². The fraction of sp³-hybridized carbons (Fsp3) is 0.333. The number of hydrogen-bond donors (Lipinski definition) is 2. The molecule has 0 aromatic heterocycles. The highest BCUT2D eigenvalue weighted by Crippen LogP contribution is 2.18. The van der Waals surface area contributed by atoms with Gasteiger partial charge < -0.3 is 15.5 Å². The average Bonchev–Trinajstić information content (AvgIpc) is 2.64. The van der Waals surface area contributed by atoms with Gasteiger partial charge in [-0.05, 0) is 57.2 Å². The van der Waals surface area contributed by atoms with Crippen LogP contribution in [0.1, 0.15) is 37.6 Å². The topological polar surface area (TPSA) is 61.4 Å². The molecule has 2 aromatic rings. The Balaban J connectivity index is 1.85. The number of amides is 2. The number of nitrogens with one attached hydrogen (secondary N) is 2. The van der Waals surface area contributed by atoms with Gasteiger partial charge in [0.05, 0.1) is 0 Å². The summed E-state index contributed by atoms with van der Waals surface area (Å²) in [7, 11) is 0. The fourth-order valence-corrected chi connectivity index (χ4v) is 2.78. The molecule has 26 heavy (non-hydrogen) atoms. The van der Waals surface area contributed by atoms with Crippen LogP contribution < -0.4 is 15.5 Å². The van der Waals surface area contributed by atoms with Crippen molar-refractivity contribution in [3.05, 3.63) is 60.2 Å². The first-order valence-electron chi connectivity index (χ1n) is 9.04. The summed E-state index contributed by atoms with van der Waals surface area (Å²) in [6, 6.07) is 16.5. The smallest absolute Gasteiger partial charge is 0.251 e. The van der Waals surface area contributed by atoms with E-state index in [-0.39, 0.29) is 24.3 Å². The minimum absolute atomic E-state index is 0.124. The quantitative estimate of drug-likeness (QED) is 0.761. The van der Waals surface area contributed by atoms with E-state index in [1.165, 1.54) is 0 Å². The van der Waals surface area contributed by atoms with Gasteiger partial charge >= 0.3 is 0 Å². The highest BCUT2D eigenvalue weighted by atomic mass is 16.2. The second-order valence-corrected chi connectivity index (χ2v) is 6.21. The summed E-state index contributed by atoms with van der Waals surface area (Å²) >= 11 is 0. The molecule has 2 N–H and O–H groups in total. The lowest BCUT2D eigenvalue weighted by Gasteiger charge is -2.21. The third-order valence-electron chi connectivity index (χ3n) is 4.18. The summed E-state index contributed by atoms with van der Waals surface area (Å²) in [6.45, 7) is 7.94. The van der Waals surface area contributed by atoms with Crippen LogP contribution in [0, 0.1) is 0 Å². The molecule has 2 rings (SSSR count). The largest absolute Gasteiger partial charge is 0.372 e. The van der Waals surface area contributed by atoms with E-state index in [9.17, 15) is 9.59 Å². The Bertz CT molecular complexity index is 710. The molecule has 2 amide bonds. The first kappa shape index (κ1) is 19.5. The van der Waals surface area contributed by atoms with Gasteiger partial charge in [0.15, 0.2) is 0 Å². The van der Waals surface area contributed by atoms with E-state index in [0.29, 0.717) is 5.56 Å². The zero-order valence-electron chi connectivity index (χ0n) is 15.7. The van der Waals surface area contributed by atoms with Gasteiger partial charge in [-0.2, -0.15) is 0 Å². The third-order valence-corrected chi connectivity index (χ3v) is 4.18. The fourth-order valence-electron chi connectivity index (χ4n) is 2.78. The van der Waals surface area contributed by atoms with Crippen molar-refractivity contribution in [1.82, 2.24) is 5.32 Å². The molecule has 0 spiro atoms. The van der Waals surface area contributed by atoms with Gasteiger partial charge in [0.1, 0.15) is 0 Å². The predicted octanol–water partition coefficient (Wildman–Crippen LogP) is 3.68. The Hall–Kier alpha value is -2.82. The lowest BCUT2D eigenvalue weighted by molar-refractivity contribution is -0.116. The lowest BCUT2D eigenvalue weighted by atomic mass is 10.1. The van der Waals surface area contributed by atoms with E-state index < -0.39 is 0 Å². The molecule has 5 heteroatoms. The first-order valence-corrected chi connectivity index (χ1v) is 9.04. The molecule has 1 atom stereocenters. The molecular formula is C21H27N3O2. The highest BCUT2D eigenvalue weighted by molar-refractivity contribution is 5.95. The molecule has 0 radical (unpaired) electrons. The van der Waals surface area contributed by atoms with Gasteiger partial charge in [0.2, 0.25) is 5.91 Å². The second kappa shape index (κ2) is 9.61. The first-order chi connectivity index (χ1) is 12.5. The van der Waals surface area contributed by atoms with Gasteiger partial charge in [-0.15, -0.1) is 0 Å². The number of anilines is 2. The Morgan fingerprint density at radius 2 is 1.58 bits per heavy atom. The summed E-state index contributed by atoms with van der Waals surface area (Å²) in [5, 5.41) is 5.72. The molecule has 2 aromatic carbocycles. The number of benzene rings is 2. The highest BCUT2D eigenvalue weighted by Gasteiger charge is 2.13. The molecule has 0 saturated heterocycles. The van der Waals surface area contributed by atoms with Crippen LogP contribution in [0.15, 0.2) is 54.6 Å². The van der Waals surface area contributed by atoms with Gasteiger partial charge in [-0.25, -0.2) is 0 Å². The normalized spacial score (nSPS) is 11.5. The molecule has 0 bridgehead atoms. The maximum Gasteiger partial charge on any atom is 0.251 e. The Morgan fingerprint density at radius 1 is 0.962 bits per heavy atom. The molecule has 0 aliphatic heterocycles. The van der Waals surface area contributed by atoms with Crippen molar-refractivity contribution >= 4 is 23.2 Å². The van der Waals surface area contributed by atoms with Crippen molar-refractivity contribution in [2.24, 2.45) is 0 Å². The van der Waals surface area contributed by atoms with Crippen molar-refractivity contribution < 1.29 is 9.59 Å². The summed E-state index contributed by atoms with van der Waals surface area (Å²) in [6.07, 6.45) is 0.219. The van der Waals surface area contributed by atoms with Crippen LogP contribution in [0.3, 0.4) is 0 Å². The van der Waals surface area contributed by atoms with Gasteiger partial charge in [0.25, 0.3) is 5.91 Å².